The highest BCUT2D eigenvalue weighted by molar-refractivity contribution is 5.95. The van der Waals surface area contributed by atoms with Crippen molar-refractivity contribution in [2.75, 3.05) is 14.2 Å². The summed E-state index contributed by atoms with van der Waals surface area (Å²) in [5.41, 5.74) is 3.66. The van der Waals surface area contributed by atoms with E-state index in [1.165, 1.54) is 6.07 Å². The van der Waals surface area contributed by atoms with E-state index in [9.17, 15) is 4.79 Å². The van der Waals surface area contributed by atoms with E-state index in [0.29, 0.717) is 17.9 Å². The predicted molar refractivity (Wildman–Crippen MR) is 117 cm³/mol. The van der Waals surface area contributed by atoms with Crippen LogP contribution in [0.2, 0.25) is 0 Å². The van der Waals surface area contributed by atoms with Gasteiger partial charge >= 0.3 is 5.63 Å². The van der Waals surface area contributed by atoms with E-state index >= 15 is 0 Å². The molecule has 0 bridgehead atoms. The van der Waals surface area contributed by atoms with Gasteiger partial charge in [-0.2, -0.15) is 0 Å². The van der Waals surface area contributed by atoms with Gasteiger partial charge in [0.1, 0.15) is 29.4 Å². The Labute approximate surface area is 174 Å². The number of hydrogen-bond acceptors (Lipinski definition) is 5. The van der Waals surface area contributed by atoms with Crippen molar-refractivity contribution in [2.24, 2.45) is 0 Å². The largest absolute Gasteiger partial charge is 0.497 e. The summed E-state index contributed by atoms with van der Waals surface area (Å²) in [5.74, 6) is 2.23. The normalized spacial score (nSPS) is 10.8. The zero-order chi connectivity index (χ0) is 21.1. The first-order valence-electron chi connectivity index (χ1n) is 9.56. The van der Waals surface area contributed by atoms with Crippen LogP contribution in [0.15, 0.2) is 75.9 Å². The third-order valence-corrected chi connectivity index (χ3v) is 5.07. The van der Waals surface area contributed by atoms with Gasteiger partial charge in [0.05, 0.1) is 14.2 Å². The molecule has 0 N–H and O–H groups in total. The molecule has 4 aromatic rings. The van der Waals surface area contributed by atoms with Gasteiger partial charge in [0.2, 0.25) is 0 Å². The average molecular weight is 402 g/mol. The maximum absolute atomic E-state index is 12.3. The minimum atomic E-state index is -0.399. The minimum absolute atomic E-state index is 0.399. The highest BCUT2D eigenvalue weighted by Crippen LogP contribution is 2.34. The van der Waals surface area contributed by atoms with Crippen molar-refractivity contribution in [1.82, 2.24) is 0 Å². The highest BCUT2D eigenvalue weighted by atomic mass is 16.5. The van der Waals surface area contributed by atoms with Gasteiger partial charge in [-0.25, -0.2) is 4.79 Å². The molecule has 0 unspecified atom stereocenters. The number of fused-ring (bicyclic) bond motifs is 1. The standard InChI is InChI=1S/C25H22O5/c1-16-23(29-15-17-4-8-19(27-2)9-5-17)13-12-21-22(14-24(26)30-25(16)21)18-6-10-20(28-3)11-7-18/h4-14H,15H2,1-3H3. The Morgan fingerprint density at radius 2 is 1.47 bits per heavy atom. The van der Waals surface area contributed by atoms with E-state index in [4.69, 9.17) is 18.6 Å². The monoisotopic (exact) mass is 402 g/mol. The first-order chi connectivity index (χ1) is 14.6. The van der Waals surface area contributed by atoms with Crippen LogP contribution in [0.3, 0.4) is 0 Å². The fraction of sp³-hybridized carbons (Fsp3) is 0.160. The summed E-state index contributed by atoms with van der Waals surface area (Å²) >= 11 is 0. The number of methoxy groups -OCH3 is 2. The van der Waals surface area contributed by atoms with Gasteiger partial charge in [-0.05, 0) is 60.0 Å². The van der Waals surface area contributed by atoms with Crippen LogP contribution >= 0.6 is 0 Å². The molecular formula is C25H22O5. The zero-order valence-electron chi connectivity index (χ0n) is 17.1. The zero-order valence-corrected chi connectivity index (χ0v) is 17.1. The summed E-state index contributed by atoms with van der Waals surface area (Å²) in [6.45, 7) is 2.30. The fourth-order valence-electron chi connectivity index (χ4n) is 3.39. The van der Waals surface area contributed by atoms with Crippen LogP contribution in [-0.2, 0) is 6.61 Å². The van der Waals surface area contributed by atoms with Crippen molar-refractivity contribution in [3.05, 3.63) is 88.3 Å². The molecule has 0 saturated heterocycles. The minimum Gasteiger partial charge on any atom is -0.497 e. The summed E-state index contributed by atoms with van der Waals surface area (Å²) in [4.78, 5) is 12.3. The van der Waals surface area contributed by atoms with Crippen molar-refractivity contribution >= 4 is 11.0 Å². The third kappa shape index (κ3) is 3.87. The van der Waals surface area contributed by atoms with Crippen LogP contribution in [-0.4, -0.2) is 14.2 Å². The molecule has 1 heterocycles. The lowest BCUT2D eigenvalue weighted by Gasteiger charge is -2.13. The second kappa shape index (κ2) is 8.33. The molecule has 152 valence electrons. The summed E-state index contributed by atoms with van der Waals surface area (Å²) in [6, 6.07) is 20.6. The Morgan fingerprint density at radius 3 is 2.10 bits per heavy atom. The van der Waals surface area contributed by atoms with E-state index in [1.54, 1.807) is 14.2 Å². The molecule has 0 atom stereocenters. The van der Waals surface area contributed by atoms with E-state index in [1.807, 2.05) is 67.6 Å². The number of benzene rings is 3. The number of rotatable bonds is 6. The first kappa shape index (κ1) is 19.6. The molecule has 30 heavy (non-hydrogen) atoms. The van der Waals surface area contributed by atoms with E-state index in [2.05, 4.69) is 0 Å². The maximum Gasteiger partial charge on any atom is 0.336 e. The van der Waals surface area contributed by atoms with Gasteiger partial charge in [-0.1, -0.05) is 24.3 Å². The van der Waals surface area contributed by atoms with Crippen LogP contribution in [0, 0.1) is 6.92 Å². The molecule has 0 saturated carbocycles. The van der Waals surface area contributed by atoms with Crippen molar-refractivity contribution in [2.45, 2.75) is 13.5 Å². The Kier molecular flexibility index (Phi) is 5.44. The smallest absolute Gasteiger partial charge is 0.336 e. The van der Waals surface area contributed by atoms with Gasteiger partial charge < -0.3 is 18.6 Å². The highest BCUT2D eigenvalue weighted by Gasteiger charge is 2.13. The van der Waals surface area contributed by atoms with Gasteiger partial charge in [-0.15, -0.1) is 0 Å². The topological polar surface area (TPSA) is 57.9 Å². The average Bonchev–Trinajstić information content (AvgIpc) is 2.79. The third-order valence-electron chi connectivity index (χ3n) is 5.07. The SMILES string of the molecule is COc1ccc(COc2ccc3c(-c4ccc(OC)cc4)cc(=O)oc3c2C)cc1. The van der Waals surface area contributed by atoms with Crippen molar-refractivity contribution in [3.63, 3.8) is 0 Å². The Balaban J connectivity index is 1.68. The number of aryl methyl sites for hydroxylation is 1. The van der Waals surface area contributed by atoms with E-state index in [-0.39, 0.29) is 0 Å². The van der Waals surface area contributed by atoms with Crippen LogP contribution in [0.25, 0.3) is 22.1 Å². The molecule has 0 fully saturated rings. The lowest BCUT2D eigenvalue weighted by atomic mass is 10.00. The lowest BCUT2D eigenvalue weighted by Crippen LogP contribution is -2.02. The quantitative estimate of drug-likeness (QED) is 0.406. The molecule has 0 radical (unpaired) electrons. The molecule has 3 aromatic carbocycles. The molecule has 0 aliphatic heterocycles. The molecule has 0 spiro atoms. The first-order valence-corrected chi connectivity index (χ1v) is 9.56. The van der Waals surface area contributed by atoms with Gasteiger partial charge in [0, 0.05) is 17.0 Å². The van der Waals surface area contributed by atoms with E-state index < -0.39 is 5.63 Å². The van der Waals surface area contributed by atoms with Crippen LogP contribution < -0.4 is 19.8 Å². The lowest BCUT2D eigenvalue weighted by molar-refractivity contribution is 0.303. The Hall–Kier alpha value is -3.73. The van der Waals surface area contributed by atoms with Gasteiger partial charge in [0.25, 0.3) is 0 Å². The Bertz CT molecular complexity index is 1220. The Morgan fingerprint density at radius 1 is 0.833 bits per heavy atom. The molecule has 0 aliphatic carbocycles. The summed E-state index contributed by atoms with van der Waals surface area (Å²) in [5, 5.41) is 0.856. The molecule has 1 aromatic heterocycles. The number of ether oxygens (including phenoxy) is 3. The predicted octanol–water partition coefficient (Wildman–Crippen LogP) is 5.36. The second-order valence-corrected chi connectivity index (χ2v) is 6.91. The molecule has 5 heteroatoms. The summed E-state index contributed by atoms with van der Waals surface area (Å²) in [6.07, 6.45) is 0. The van der Waals surface area contributed by atoms with Crippen molar-refractivity contribution < 1.29 is 18.6 Å². The molecular weight excluding hydrogens is 380 g/mol. The number of hydrogen-bond donors (Lipinski definition) is 0. The van der Waals surface area contributed by atoms with E-state index in [0.717, 1.165) is 39.1 Å². The molecule has 0 amide bonds. The van der Waals surface area contributed by atoms with Crippen LogP contribution in [0.5, 0.6) is 17.2 Å². The maximum atomic E-state index is 12.3. The molecule has 4 rings (SSSR count). The van der Waals surface area contributed by atoms with Crippen LogP contribution in [0.4, 0.5) is 0 Å². The summed E-state index contributed by atoms with van der Waals surface area (Å²) in [7, 11) is 3.26. The van der Waals surface area contributed by atoms with Crippen molar-refractivity contribution in [3.8, 4) is 28.4 Å². The summed E-state index contributed by atoms with van der Waals surface area (Å²) < 4.78 is 22.0. The fourth-order valence-corrected chi connectivity index (χ4v) is 3.39. The molecule has 0 aliphatic rings. The van der Waals surface area contributed by atoms with Crippen molar-refractivity contribution in [1.29, 1.82) is 0 Å². The van der Waals surface area contributed by atoms with Crippen LogP contribution in [0.1, 0.15) is 11.1 Å². The van der Waals surface area contributed by atoms with Gasteiger partial charge in [0.15, 0.2) is 0 Å². The second-order valence-electron chi connectivity index (χ2n) is 6.91. The molecule has 5 nitrogen and oxygen atoms in total. The van der Waals surface area contributed by atoms with Gasteiger partial charge in [-0.3, -0.25) is 0 Å².